The third kappa shape index (κ3) is 3.07. The average molecular weight is 376 g/mol. The van der Waals surface area contributed by atoms with E-state index in [-0.39, 0.29) is 29.8 Å². The van der Waals surface area contributed by atoms with E-state index in [4.69, 9.17) is 5.73 Å². The standard InChI is InChI=1S/C16H14F2N6O3/c1-7-10(8(2)24-15(20-7)22-14(19)23-24)6-13(25)21-9-3-4-11-12(5-9)27-16(17,18)26-11/h3-5H,6H2,1-2H3,(H2,19,23)(H,21,25). The molecule has 0 bridgehead atoms. The van der Waals surface area contributed by atoms with Gasteiger partial charge in [0.2, 0.25) is 11.9 Å². The fraction of sp³-hybridized carbons (Fsp3) is 0.250. The lowest BCUT2D eigenvalue weighted by molar-refractivity contribution is -0.286. The van der Waals surface area contributed by atoms with Gasteiger partial charge in [0.15, 0.2) is 11.5 Å². The van der Waals surface area contributed by atoms with Crippen LogP contribution in [0.5, 0.6) is 11.5 Å². The van der Waals surface area contributed by atoms with Crippen LogP contribution < -0.4 is 20.5 Å². The first-order chi connectivity index (χ1) is 12.7. The summed E-state index contributed by atoms with van der Waals surface area (Å²) in [5.41, 5.74) is 7.85. The topological polar surface area (TPSA) is 117 Å². The zero-order valence-electron chi connectivity index (χ0n) is 14.3. The molecule has 1 aliphatic heterocycles. The van der Waals surface area contributed by atoms with E-state index in [1.165, 1.54) is 22.7 Å². The van der Waals surface area contributed by atoms with Crippen molar-refractivity contribution in [2.24, 2.45) is 0 Å². The van der Waals surface area contributed by atoms with Crippen molar-refractivity contribution in [3.05, 3.63) is 35.2 Å². The number of rotatable bonds is 3. The number of ether oxygens (including phenoxy) is 2. The number of halogens is 2. The van der Waals surface area contributed by atoms with Crippen LogP contribution in [0, 0.1) is 13.8 Å². The van der Waals surface area contributed by atoms with E-state index < -0.39 is 6.29 Å². The zero-order valence-corrected chi connectivity index (χ0v) is 14.3. The van der Waals surface area contributed by atoms with Gasteiger partial charge in [-0.2, -0.15) is 9.50 Å². The number of hydrogen-bond acceptors (Lipinski definition) is 7. The van der Waals surface area contributed by atoms with Gasteiger partial charge < -0.3 is 20.5 Å². The summed E-state index contributed by atoms with van der Waals surface area (Å²) in [5, 5.41) is 6.68. The minimum Gasteiger partial charge on any atom is -0.395 e. The van der Waals surface area contributed by atoms with Crippen molar-refractivity contribution in [3.63, 3.8) is 0 Å². The van der Waals surface area contributed by atoms with Gasteiger partial charge in [-0.1, -0.05) is 0 Å². The van der Waals surface area contributed by atoms with Crippen LogP contribution in [0.4, 0.5) is 20.4 Å². The van der Waals surface area contributed by atoms with Crippen LogP contribution in [0.25, 0.3) is 5.78 Å². The van der Waals surface area contributed by atoms with Crippen LogP contribution in [-0.4, -0.2) is 31.8 Å². The van der Waals surface area contributed by atoms with Gasteiger partial charge in [0, 0.05) is 28.7 Å². The number of aryl methyl sites for hydroxylation is 2. The predicted octanol–water partition coefficient (Wildman–Crippen LogP) is 1.83. The highest BCUT2D eigenvalue weighted by atomic mass is 19.3. The first-order valence-corrected chi connectivity index (χ1v) is 7.90. The van der Waals surface area contributed by atoms with Gasteiger partial charge in [-0.25, -0.2) is 4.98 Å². The average Bonchev–Trinajstić information content (AvgIpc) is 3.08. The molecule has 1 amide bonds. The predicted molar refractivity (Wildman–Crippen MR) is 89.6 cm³/mol. The highest BCUT2D eigenvalue weighted by molar-refractivity contribution is 5.93. The summed E-state index contributed by atoms with van der Waals surface area (Å²) in [4.78, 5) is 20.7. The second-order valence-corrected chi connectivity index (χ2v) is 6.00. The van der Waals surface area contributed by atoms with E-state index in [9.17, 15) is 13.6 Å². The Hall–Kier alpha value is -3.50. The van der Waals surface area contributed by atoms with Gasteiger partial charge in [-0.3, -0.25) is 4.79 Å². The Morgan fingerprint density at radius 1 is 1.26 bits per heavy atom. The van der Waals surface area contributed by atoms with Crippen molar-refractivity contribution in [1.29, 1.82) is 0 Å². The third-order valence-corrected chi connectivity index (χ3v) is 4.09. The summed E-state index contributed by atoms with van der Waals surface area (Å²) in [6, 6.07) is 4.02. The van der Waals surface area contributed by atoms with E-state index in [2.05, 4.69) is 29.9 Å². The molecule has 3 N–H and O–H groups in total. The number of hydrogen-bond donors (Lipinski definition) is 2. The number of nitrogen functional groups attached to an aromatic ring is 1. The number of fused-ring (bicyclic) bond motifs is 2. The molecular weight excluding hydrogens is 362 g/mol. The maximum Gasteiger partial charge on any atom is 0.586 e. The number of amides is 1. The fourth-order valence-electron chi connectivity index (χ4n) is 2.87. The molecule has 0 unspecified atom stereocenters. The number of benzene rings is 1. The number of anilines is 2. The van der Waals surface area contributed by atoms with Crippen LogP contribution in [0.1, 0.15) is 17.0 Å². The lowest BCUT2D eigenvalue weighted by Gasteiger charge is -2.11. The molecule has 3 aromatic rings. The Bertz CT molecular complexity index is 1080. The first kappa shape index (κ1) is 16.9. The van der Waals surface area contributed by atoms with Crippen molar-refractivity contribution in [3.8, 4) is 11.5 Å². The minimum absolute atomic E-state index is 0.00493. The molecule has 9 nitrogen and oxygen atoms in total. The maximum atomic E-state index is 13.1. The maximum absolute atomic E-state index is 13.1. The van der Waals surface area contributed by atoms with Crippen molar-refractivity contribution >= 4 is 23.3 Å². The molecule has 11 heteroatoms. The Kier molecular flexibility index (Phi) is 3.61. The molecule has 1 aromatic carbocycles. The summed E-state index contributed by atoms with van der Waals surface area (Å²) < 4.78 is 36.3. The monoisotopic (exact) mass is 376 g/mol. The van der Waals surface area contributed by atoms with E-state index in [1.807, 2.05) is 0 Å². The molecule has 27 heavy (non-hydrogen) atoms. The molecule has 0 spiro atoms. The van der Waals surface area contributed by atoms with Crippen molar-refractivity contribution in [1.82, 2.24) is 19.6 Å². The quantitative estimate of drug-likeness (QED) is 0.716. The van der Waals surface area contributed by atoms with Crippen LogP contribution in [0.2, 0.25) is 0 Å². The van der Waals surface area contributed by atoms with Crippen LogP contribution in [0.3, 0.4) is 0 Å². The largest absolute Gasteiger partial charge is 0.586 e. The number of nitrogens with one attached hydrogen (secondary N) is 1. The van der Waals surface area contributed by atoms with Gasteiger partial charge in [0.25, 0.3) is 5.78 Å². The first-order valence-electron chi connectivity index (χ1n) is 7.90. The molecule has 0 aliphatic carbocycles. The Labute approximate surface area is 151 Å². The lowest BCUT2D eigenvalue weighted by Crippen LogP contribution is -2.25. The number of aromatic nitrogens is 4. The van der Waals surface area contributed by atoms with Crippen LogP contribution >= 0.6 is 0 Å². The molecule has 140 valence electrons. The fourth-order valence-corrected chi connectivity index (χ4v) is 2.87. The normalized spacial score (nSPS) is 14.5. The molecule has 0 atom stereocenters. The second kappa shape index (κ2) is 5.76. The van der Waals surface area contributed by atoms with Crippen molar-refractivity contribution in [2.75, 3.05) is 11.1 Å². The molecular formula is C16H14F2N6O3. The molecule has 1 aliphatic rings. The lowest BCUT2D eigenvalue weighted by atomic mass is 10.1. The van der Waals surface area contributed by atoms with Gasteiger partial charge in [-0.05, 0) is 26.0 Å². The summed E-state index contributed by atoms with van der Waals surface area (Å²) >= 11 is 0. The number of alkyl halides is 2. The summed E-state index contributed by atoms with van der Waals surface area (Å²) in [6.45, 7) is 3.53. The summed E-state index contributed by atoms with van der Waals surface area (Å²) in [5.74, 6) is -0.164. The van der Waals surface area contributed by atoms with E-state index in [0.29, 0.717) is 28.4 Å². The number of carbonyl (C=O) groups excluding carboxylic acids is 1. The van der Waals surface area contributed by atoms with Gasteiger partial charge in [0.05, 0.1) is 6.42 Å². The molecule has 4 rings (SSSR count). The van der Waals surface area contributed by atoms with Crippen LogP contribution in [0.15, 0.2) is 18.2 Å². The zero-order chi connectivity index (χ0) is 19.3. The molecule has 3 heterocycles. The van der Waals surface area contributed by atoms with Crippen LogP contribution in [-0.2, 0) is 11.2 Å². The molecule has 0 fully saturated rings. The Morgan fingerprint density at radius 3 is 2.78 bits per heavy atom. The number of nitrogens with two attached hydrogens (primary N) is 1. The smallest absolute Gasteiger partial charge is 0.395 e. The summed E-state index contributed by atoms with van der Waals surface area (Å²) in [7, 11) is 0. The molecule has 0 saturated carbocycles. The van der Waals surface area contributed by atoms with Crippen molar-refractivity contribution in [2.45, 2.75) is 26.6 Å². The number of carbonyl (C=O) groups is 1. The van der Waals surface area contributed by atoms with Gasteiger partial charge in [-0.15, -0.1) is 13.9 Å². The van der Waals surface area contributed by atoms with E-state index >= 15 is 0 Å². The van der Waals surface area contributed by atoms with E-state index in [0.717, 1.165) is 0 Å². The number of nitrogens with zero attached hydrogens (tertiary/aromatic N) is 4. The highest BCUT2D eigenvalue weighted by Crippen LogP contribution is 2.42. The Morgan fingerprint density at radius 2 is 2.00 bits per heavy atom. The second-order valence-electron chi connectivity index (χ2n) is 6.00. The Balaban J connectivity index is 1.55. The van der Waals surface area contributed by atoms with Gasteiger partial charge in [0.1, 0.15) is 0 Å². The highest BCUT2D eigenvalue weighted by Gasteiger charge is 2.43. The third-order valence-electron chi connectivity index (χ3n) is 4.09. The molecule has 0 saturated heterocycles. The summed E-state index contributed by atoms with van der Waals surface area (Å²) in [6.07, 6.45) is -3.70. The molecule has 2 aromatic heterocycles. The van der Waals surface area contributed by atoms with Crippen molar-refractivity contribution < 1.29 is 23.0 Å². The van der Waals surface area contributed by atoms with E-state index in [1.54, 1.807) is 13.8 Å². The SMILES string of the molecule is Cc1nc2nc(N)nn2c(C)c1CC(=O)Nc1ccc2c(c1)OC(F)(F)O2. The molecule has 0 radical (unpaired) electrons. The minimum atomic E-state index is -3.71. The van der Waals surface area contributed by atoms with Gasteiger partial charge >= 0.3 is 6.29 Å².